The number of aliphatic carboxylic acids is 1. The van der Waals surface area contributed by atoms with Gasteiger partial charge in [-0.15, -0.1) is 0 Å². The van der Waals surface area contributed by atoms with Crippen molar-refractivity contribution in [2.45, 2.75) is 39.2 Å². The number of nitrogens with one attached hydrogen (secondary N) is 1. The molecule has 0 fully saturated rings. The Morgan fingerprint density at radius 1 is 1.32 bits per heavy atom. The molecule has 2 N–H and O–H groups in total. The second-order valence-corrected chi connectivity index (χ2v) is 6.10. The first-order valence-electron chi connectivity index (χ1n) is 6.41. The third-order valence-corrected chi connectivity index (χ3v) is 3.57. The van der Waals surface area contributed by atoms with E-state index in [1.807, 2.05) is 24.3 Å². The number of fused-ring (bicyclic) bond motifs is 1. The number of hydrogen-bond acceptors (Lipinski definition) is 2. The van der Waals surface area contributed by atoms with Gasteiger partial charge in [0.2, 0.25) is 5.91 Å². The molecule has 4 nitrogen and oxygen atoms in total. The lowest BCUT2D eigenvalue weighted by Crippen LogP contribution is -2.51. The summed E-state index contributed by atoms with van der Waals surface area (Å²) < 4.78 is 0. The van der Waals surface area contributed by atoms with Crippen LogP contribution >= 0.6 is 0 Å². The van der Waals surface area contributed by atoms with Crippen molar-refractivity contribution in [1.82, 2.24) is 5.32 Å². The van der Waals surface area contributed by atoms with E-state index >= 15 is 0 Å². The van der Waals surface area contributed by atoms with Crippen LogP contribution in [0.15, 0.2) is 24.3 Å². The van der Waals surface area contributed by atoms with E-state index < -0.39 is 17.4 Å². The molecule has 4 heteroatoms. The molecule has 102 valence electrons. The average molecular weight is 261 g/mol. The standard InChI is InChI=1S/C15H19NO3/c1-15(2,3)12(14(18)19)16-13(17)11-8-9-6-4-5-7-10(9)11/h4-7,11-12H,8H2,1-3H3,(H,16,17)(H,18,19)/t11?,12-/m0/s1. The van der Waals surface area contributed by atoms with Crippen LogP contribution in [0.1, 0.15) is 37.8 Å². The van der Waals surface area contributed by atoms with Crippen molar-refractivity contribution >= 4 is 11.9 Å². The minimum atomic E-state index is -0.992. The fraction of sp³-hybridized carbons (Fsp3) is 0.467. The van der Waals surface area contributed by atoms with Crippen LogP contribution < -0.4 is 5.32 Å². The first-order valence-corrected chi connectivity index (χ1v) is 6.41. The van der Waals surface area contributed by atoms with Gasteiger partial charge in [0.15, 0.2) is 0 Å². The lowest BCUT2D eigenvalue weighted by molar-refractivity contribution is -0.145. The Kier molecular flexibility index (Phi) is 3.35. The molecule has 19 heavy (non-hydrogen) atoms. The molecule has 0 spiro atoms. The summed E-state index contributed by atoms with van der Waals surface area (Å²) in [6.45, 7) is 5.42. The van der Waals surface area contributed by atoms with Gasteiger partial charge in [-0.3, -0.25) is 4.79 Å². The zero-order valence-corrected chi connectivity index (χ0v) is 11.4. The van der Waals surface area contributed by atoms with Crippen LogP contribution in [0, 0.1) is 5.41 Å². The predicted octanol–water partition coefficient (Wildman–Crippen LogP) is 1.94. The van der Waals surface area contributed by atoms with Gasteiger partial charge in [-0.05, 0) is 23.0 Å². The number of carbonyl (C=O) groups is 2. The highest BCUT2D eigenvalue weighted by Gasteiger charge is 2.37. The van der Waals surface area contributed by atoms with Gasteiger partial charge < -0.3 is 10.4 Å². The Hall–Kier alpha value is -1.84. The van der Waals surface area contributed by atoms with Crippen molar-refractivity contribution in [3.05, 3.63) is 35.4 Å². The molecule has 0 bridgehead atoms. The van der Waals surface area contributed by atoms with Crippen molar-refractivity contribution in [3.63, 3.8) is 0 Å². The summed E-state index contributed by atoms with van der Waals surface area (Å²) in [5.74, 6) is -1.39. The largest absolute Gasteiger partial charge is 0.480 e. The zero-order chi connectivity index (χ0) is 14.2. The predicted molar refractivity (Wildman–Crippen MR) is 71.9 cm³/mol. The van der Waals surface area contributed by atoms with E-state index in [9.17, 15) is 14.7 Å². The van der Waals surface area contributed by atoms with E-state index in [-0.39, 0.29) is 11.8 Å². The van der Waals surface area contributed by atoms with Gasteiger partial charge in [0.25, 0.3) is 0 Å². The van der Waals surface area contributed by atoms with Gasteiger partial charge >= 0.3 is 5.97 Å². The van der Waals surface area contributed by atoms with Crippen LogP contribution in [0.4, 0.5) is 0 Å². The molecule has 0 saturated heterocycles. The third-order valence-electron chi connectivity index (χ3n) is 3.57. The number of carboxylic acid groups (broad SMARTS) is 1. The average Bonchev–Trinajstić information content (AvgIpc) is 2.25. The van der Waals surface area contributed by atoms with Crippen LogP contribution in [0.5, 0.6) is 0 Å². The van der Waals surface area contributed by atoms with Crippen LogP contribution in [0.3, 0.4) is 0 Å². The highest BCUT2D eigenvalue weighted by Crippen LogP contribution is 2.35. The number of carbonyl (C=O) groups excluding carboxylic acids is 1. The quantitative estimate of drug-likeness (QED) is 0.874. The first kappa shape index (κ1) is 13.6. The van der Waals surface area contributed by atoms with Gasteiger partial charge in [-0.1, -0.05) is 45.0 Å². The molecule has 1 aliphatic carbocycles. The van der Waals surface area contributed by atoms with Crippen LogP contribution in [0.2, 0.25) is 0 Å². The van der Waals surface area contributed by atoms with E-state index in [2.05, 4.69) is 5.32 Å². The van der Waals surface area contributed by atoms with Crippen molar-refractivity contribution < 1.29 is 14.7 Å². The third kappa shape index (κ3) is 2.62. The van der Waals surface area contributed by atoms with E-state index in [4.69, 9.17) is 0 Å². The monoisotopic (exact) mass is 261 g/mol. The minimum absolute atomic E-state index is 0.193. The molecule has 0 aromatic heterocycles. The number of carboxylic acids is 1. The maximum atomic E-state index is 12.2. The summed E-state index contributed by atoms with van der Waals surface area (Å²) in [6.07, 6.45) is 0.693. The van der Waals surface area contributed by atoms with E-state index in [0.717, 1.165) is 5.56 Å². The second-order valence-electron chi connectivity index (χ2n) is 6.10. The highest BCUT2D eigenvalue weighted by molar-refractivity contribution is 5.90. The lowest BCUT2D eigenvalue weighted by atomic mass is 9.76. The molecule has 0 heterocycles. The van der Waals surface area contributed by atoms with Gasteiger partial charge in [0.05, 0.1) is 5.92 Å². The van der Waals surface area contributed by atoms with E-state index in [0.29, 0.717) is 6.42 Å². The van der Waals surface area contributed by atoms with Gasteiger partial charge in [-0.25, -0.2) is 4.79 Å². The topological polar surface area (TPSA) is 66.4 Å². The molecule has 2 rings (SSSR count). The van der Waals surface area contributed by atoms with Gasteiger partial charge in [-0.2, -0.15) is 0 Å². The van der Waals surface area contributed by atoms with Crippen molar-refractivity contribution in [1.29, 1.82) is 0 Å². The highest BCUT2D eigenvalue weighted by atomic mass is 16.4. The number of hydrogen-bond donors (Lipinski definition) is 2. The minimum Gasteiger partial charge on any atom is -0.480 e. The smallest absolute Gasteiger partial charge is 0.326 e. The molecule has 0 saturated carbocycles. The van der Waals surface area contributed by atoms with Gasteiger partial charge in [0.1, 0.15) is 6.04 Å². The van der Waals surface area contributed by atoms with Crippen LogP contribution in [0.25, 0.3) is 0 Å². The molecule has 1 aromatic carbocycles. The molecule has 1 aliphatic rings. The second kappa shape index (κ2) is 4.68. The van der Waals surface area contributed by atoms with Crippen LogP contribution in [-0.4, -0.2) is 23.0 Å². The Labute approximate surface area is 112 Å². The van der Waals surface area contributed by atoms with Crippen molar-refractivity contribution in [2.24, 2.45) is 5.41 Å². The summed E-state index contributed by atoms with van der Waals surface area (Å²) in [4.78, 5) is 23.4. The van der Waals surface area contributed by atoms with Crippen molar-refractivity contribution in [3.8, 4) is 0 Å². The summed E-state index contributed by atoms with van der Waals surface area (Å²) >= 11 is 0. The molecular formula is C15H19NO3. The molecule has 1 amide bonds. The van der Waals surface area contributed by atoms with E-state index in [1.165, 1.54) is 5.56 Å². The summed E-state index contributed by atoms with van der Waals surface area (Å²) in [6, 6.07) is 6.90. The summed E-state index contributed by atoms with van der Waals surface area (Å²) in [5.41, 5.74) is 1.67. The normalized spacial score (nSPS) is 19.0. The molecule has 0 aliphatic heterocycles. The van der Waals surface area contributed by atoms with Gasteiger partial charge in [0, 0.05) is 0 Å². The summed E-state index contributed by atoms with van der Waals surface area (Å²) in [7, 11) is 0. The zero-order valence-electron chi connectivity index (χ0n) is 11.4. The molecule has 1 unspecified atom stereocenters. The first-order chi connectivity index (χ1) is 8.80. The van der Waals surface area contributed by atoms with E-state index in [1.54, 1.807) is 20.8 Å². The fourth-order valence-electron chi connectivity index (χ4n) is 2.38. The molecule has 0 radical (unpaired) electrons. The molecule has 1 aromatic rings. The Balaban J connectivity index is 2.09. The Morgan fingerprint density at radius 2 is 1.95 bits per heavy atom. The fourth-order valence-corrected chi connectivity index (χ4v) is 2.38. The van der Waals surface area contributed by atoms with Crippen molar-refractivity contribution in [2.75, 3.05) is 0 Å². The van der Waals surface area contributed by atoms with Crippen LogP contribution in [-0.2, 0) is 16.0 Å². The molecular weight excluding hydrogens is 242 g/mol. The lowest BCUT2D eigenvalue weighted by Gasteiger charge is -2.33. The summed E-state index contributed by atoms with van der Waals surface area (Å²) in [5, 5.41) is 11.9. The molecule has 2 atom stereocenters. The Bertz CT molecular complexity index is 516. The SMILES string of the molecule is CC(C)(C)[C@@H](NC(=O)C1Cc2ccccc21)C(=O)O. The number of rotatable bonds is 3. The maximum absolute atomic E-state index is 12.2. The number of amides is 1. The number of benzene rings is 1. The Morgan fingerprint density at radius 3 is 2.47 bits per heavy atom. The maximum Gasteiger partial charge on any atom is 0.326 e.